The van der Waals surface area contributed by atoms with E-state index in [1.165, 1.54) is 11.0 Å². The number of pyridine rings is 1. The fraction of sp³-hybridized carbons (Fsp3) is 0. The number of para-hydroxylation sites is 1. The van der Waals surface area contributed by atoms with Gasteiger partial charge in [0.1, 0.15) is 29.2 Å². The van der Waals surface area contributed by atoms with Crippen LogP contribution in [0, 0.1) is 12.0 Å². The van der Waals surface area contributed by atoms with Gasteiger partial charge in [-0.3, -0.25) is 0 Å². The molecule has 1 aromatic carbocycles. The van der Waals surface area contributed by atoms with Gasteiger partial charge in [0.15, 0.2) is 5.82 Å². The smallest absolute Gasteiger partial charge is 0.169 e. The molecule has 1 radical (unpaired) electrons. The molecule has 0 amide bonds. The number of anilines is 2. The van der Waals surface area contributed by atoms with E-state index in [1.54, 1.807) is 30.5 Å². The molecule has 0 saturated carbocycles. The summed E-state index contributed by atoms with van der Waals surface area (Å²) >= 11 is 12.4. The lowest BCUT2D eigenvalue weighted by Crippen LogP contribution is -1.97. The monoisotopic (exact) mass is 373 g/mol. The fourth-order valence-corrected chi connectivity index (χ4v) is 2.92. The van der Waals surface area contributed by atoms with Crippen LogP contribution in [0.25, 0.3) is 16.6 Å². The van der Waals surface area contributed by atoms with Crippen molar-refractivity contribution in [2.45, 2.75) is 0 Å². The van der Waals surface area contributed by atoms with Crippen LogP contribution >= 0.6 is 23.2 Å². The minimum atomic E-state index is -0.559. The van der Waals surface area contributed by atoms with Crippen molar-refractivity contribution in [2.24, 2.45) is 0 Å². The number of aromatic nitrogens is 5. The summed E-state index contributed by atoms with van der Waals surface area (Å²) in [6.45, 7) is 0. The molecule has 0 atom stereocenters. The van der Waals surface area contributed by atoms with Crippen LogP contribution in [-0.4, -0.2) is 24.7 Å². The molecule has 4 rings (SSSR count). The van der Waals surface area contributed by atoms with E-state index in [0.717, 1.165) is 6.20 Å². The molecule has 3 heterocycles. The highest BCUT2D eigenvalue weighted by Crippen LogP contribution is 2.31. The lowest BCUT2D eigenvalue weighted by atomic mass is 10.3. The van der Waals surface area contributed by atoms with Crippen LogP contribution in [0.1, 0.15) is 0 Å². The zero-order valence-corrected chi connectivity index (χ0v) is 13.9. The molecule has 0 aliphatic heterocycles. The van der Waals surface area contributed by atoms with Gasteiger partial charge in [0.2, 0.25) is 0 Å². The summed E-state index contributed by atoms with van der Waals surface area (Å²) in [4.78, 5) is 11.8. The van der Waals surface area contributed by atoms with Gasteiger partial charge in [0.25, 0.3) is 0 Å². The van der Waals surface area contributed by atoms with E-state index in [0.29, 0.717) is 32.8 Å². The van der Waals surface area contributed by atoms with Crippen molar-refractivity contribution in [2.75, 3.05) is 5.32 Å². The van der Waals surface area contributed by atoms with Gasteiger partial charge in [-0.2, -0.15) is 5.10 Å². The van der Waals surface area contributed by atoms with Crippen LogP contribution < -0.4 is 5.32 Å². The van der Waals surface area contributed by atoms with Crippen molar-refractivity contribution in [3.05, 3.63) is 65.0 Å². The largest absolute Gasteiger partial charge is 0.324 e. The van der Waals surface area contributed by atoms with Gasteiger partial charge in [-0.15, -0.1) is 0 Å². The standard InChI is InChI=1S/C16H8Cl2FN6/c17-10-2-1-3-11(18)15(10)25-7-9-14(24-25)12(19)6-21-16(9)23-13-4-5-20-8-22-13/h1-4,6-8H,(H,20,21,22,23). The van der Waals surface area contributed by atoms with Crippen LogP contribution in [0.2, 0.25) is 10.0 Å². The molecule has 3 aromatic heterocycles. The molecule has 0 unspecified atom stereocenters. The Morgan fingerprint density at radius 3 is 2.68 bits per heavy atom. The third kappa shape index (κ3) is 2.88. The molecule has 25 heavy (non-hydrogen) atoms. The van der Waals surface area contributed by atoms with Gasteiger partial charge in [0, 0.05) is 12.3 Å². The highest BCUT2D eigenvalue weighted by molar-refractivity contribution is 6.37. The summed E-state index contributed by atoms with van der Waals surface area (Å²) in [6, 6.07) is 6.63. The molecule has 4 aromatic rings. The van der Waals surface area contributed by atoms with Gasteiger partial charge < -0.3 is 5.32 Å². The lowest BCUT2D eigenvalue weighted by molar-refractivity contribution is 0.629. The first-order chi connectivity index (χ1) is 12.1. The average molecular weight is 374 g/mol. The molecule has 0 spiro atoms. The highest BCUT2D eigenvalue weighted by Gasteiger charge is 2.16. The number of benzene rings is 1. The van der Waals surface area contributed by atoms with Gasteiger partial charge in [-0.05, 0) is 12.1 Å². The SMILES string of the molecule is Fc1cnc(Nc2c[c]ncn2)c2cn(-c3c(Cl)cccc3Cl)nc12. The van der Waals surface area contributed by atoms with Crippen molar-refractivity contribution in [1.29, 1.82) is 0 Å². The van der Waals surface area contributed by atoms with Crippen molar-refractivity contribution >= 4 is 45.7 Å². The first-order valence-electron chi connectivity index (χ1n) is 7.07. The van der Waals surface area contributed by atoms with Crippen molar-refractivity contribution in [3.63, 3.8) is 0 Å². The molecule has 0 bridgehead atoms. The number of hydrogen-bond donors (Lipinski definition) is 1. The quantitative estimate of drug-likeness (QED) is 0.582. The molecule has 9 heteroatoms. The Labute approximate surface area is 151 Å². The maximum absolute atomic E-state index is 14.2. The highest BCUT2D eigenvalue weighted by atomic mass is 35.5. The Balaban J connectivity index is 1.88. The Kier molecular flexibility index (Phi) is 3.95. The topological polar surface area (TPSA) is 68.5 Å². The number of hydrogen-bond acceptors (Lipinski definition) is 5. The maximum atomic E-state index is 14.2. The Morgan fingerprint density at radius 1 is 1.16 bits per heavy atom. The molecular weight excluding hydrogens is 366 g/mol. The van der Waals surface area contributed by atoms with Gasteiger partial charge in [-0.25, -0.2) is 24.0 Å². The number of nitrogens with zero attached hydrogens (tertiary/aromatic N) is 5. The van der Waals surface area contributed by atoms with E-state index >= 15 is 0 Å². The molecule has 0 saturated heterocycles. The zero-order chi connectivity index (χ0) is 17.4. The molecule has 0 aliphatic carbocycles. The summed E-state index contributed by atoms with van der Waals surface area (Å²) < 4.78 is 15.6. The van der Waals surface area contributed by atoms with E-state index in [-0.39, 0.29) is 5.52 Å². The maximum Gasteiger partial charge on any atom is 0.169 e. The van der Waals surface area contributed by atoms with E-state index in [9.17, 15) is 4.39 Å². The Morgan fingerprint density at radius 2 is 1.96 bits per heavy atom. The van der Waals surface area contributed by atoms with E-state index in [1.807, 2.05) is 0 Å². The normalized spacial score (nSPS) is 11.0. The predicted molar refractivity (Wildman–Crippen MR) is 93.0 cm³/mol. The van der Waals surface area contributed by atoms with Crippen LogP contribution in [0.3, 0.4) is 0 Å². The molecule has 123 valence electrons. The summed E-state index contributed by atoms with van der Waals surface area (Å²) in [6.07, 6.45) is 6.68. The fourth-order valence-electron chi connectivity index (χ4n) is 2.35. The molecular formula is C16H8Cl2FN6. The van der Waals surface area contributed by atoms with Crippen LogP contribution in [0.15, 0.2) is 43.0 Å². The number of fused-ring (bicyclic) bond motifs is 1. The zero-order valence-electron chi connectivity index (χ0n) is 12.4. The van der Waals surface area contributed by atoms with Crippen molar-refractivity contribution in [3.8, 4) is 5.69 Å². The second kappa shape index (κ2) is 6.27. The van der Waals surface area contributed by atoms with Crippen LogP contribution in [0.5, 0.6) is 0 Å². The average Bonchev–Trinajstić information content (AvgIpc) is 3.04. The summed E-state index contributed by atoms with van der Waals surface area (Å²) in [5.41, 5.74) is 0.592. The molecule has 1 N–H and O–H groups in total. The summed E-state index contributed by atoms with van der Waals surface area (Å²) in [5, 5.41) is 8.49. The van der Waals surface area contributed by atoms with Gasteiger partial charge >= 0.3 is 0 Å². The molecule has 0 fully saturated rings. The van der Waals surface area contributed by atoms with Gasteiger partial charge in [0.05, 0.1) is 27.8 Å². The lowest BCUT2D eigenvalue weighted by Gasteiger charge is -2.06. The van der Waals surface area contributed by atoms with Crippen molar-refractivity contribution < 1.29 is 4.39 Å². The predicted octanol–water partition coefficient (Wildman–Crippen LogP) is 4.20. The third-order valence-electron chi connectivity index (χ3n) is 3.45. The number of nitrogens with one attached hydrogen (secondary N) is 1. The summed E-state index contributed by atoms with van der Waals surface area (Å²) in [7, 11) is 0. The minimum absolute atomic E-state index is 0.131. The van der Waals surface area contributed by atoms with E-state index in [2.05, 4.69) is 31.6 Å². The third-order valence-corrected chi connectivity index (χ3v) is 4.06. The second-order valence-corrected chi connectivity index (χ2v) is 5.83. The minimum Gasteiger partial charge on any atom is -0.324 e. The number of rotatable bonds is 3. The Bertz CT molecular complexity index is 1050. The Hall–Kier alpha value is -2.77. The summed E-state index contributed by atoms with van der Waals surface area (Å²) in [5.74, 6) is 0.300. The molecule has 6 nitrogen and oxygen atoms in total. The van der Waals surface area contributed by atoms with Crippen LogP contribution in [-0.2, 0) is 0 Å². The first kappa shape index (κ1) is 15.7. The second-order valence-electron chi connectivity index (χ2n) is 5.02. The number of halogens is 3. The van der Waals surface area contributed by atoms with E-state index in [4.69, 9.17) is 23.2 Å². The molecule has 0 aliphatic rings. The van der Waals surface area contributed by atoms with Crippen molar-refractivity contribution in [1.82, 2.24) is 24.7 Å². The first-order valence-corrected chi connectivity index (χ1v) is 7.82. The van der Waals surface area contributed by atoms with Crippen LogP contribution in [0.4, 0.5) is 16.0 Å². The van der Waals surface area contributed by atoms with Gasteiger partial charge in [-0.1, -0.05) is 29.3 Å². The van der Waals surface area contributed by atoms with E-state index < -0.39 is 5.82 Å².